The predicted molar refractivity (Wildman–Crippen MR) is 114 cm³/mol. The number of morpholine rings is 1. The van der Waals surface area contributed by atoms with Gasteiger partial charge in [-0.15, -0.1) is 12.4 Å². The fourth-order valence-electron chi connectivity index (χ4n) is 4.94. The van der Waals surface area contributed by atoms with Crippen LogP contribution in [-0.4, -0.2) is 45.1 Å². The number of methoxy groups -OCH3 is 1. The second-order valence-electron chi connectivity index (χ2n) is 8.23. The summed E-state index contributed by atoms with van der Waals surface area (Å²) in [5.41, 5.74) is 1.25. The predicted octanol–water partition coefficient (Wildman–Crippen LogP) is 3.69. The maximum absolute atomic E-state index is 6.16. The first kappa shape index (κ1) is 21.7. The molecule has 3 atom stereocenters. The van der Waals surface area contributed by atoms with Crippen LogP contribution >= 0.6 is 12.4 Å². The Morgan fingerprint density at radius 3 is 2.71 bits per heavy atom. The Labute approximate surface area is 175 Å². The van der Waals surface area contributed by atoms with E-state index in [0.29, 0.717) is 24.1 Å². The Morgan fingerprint density at radius 1 is 1.11 bits per heavy atom. The van der Waals surface area contributed by atoms with E-state index in [1.165, 1.54) is 37.7 Å². The van der Waals surface area contributed by atoms with Crippen LogP contribution in [0.4, 0.5) is 0 Å². The van der Waals surface area contributed by atoms with Gasteiger partial charge in [-0.2, -0.15) is 0 Å². The molecule has 2 saturated carbocycles. The molecule has 1 heterocycles. The first-order valence-corrected chi connectivity index (χ1v) is 10.7. The molecule has 1 saturated heterocycles. The maximum Gasteiger partial charge on any atom is 0.161 e. The molecule has 0 aromatic heterocycles. The lowest BCUT2D eigenvalue weighted by Crippen LogP contribution is -2.50. The Kier molecular flexibility index (Phi) is 8.27. The number of hydrogen-bond donors (Lipinski definition) is 2. The van der Waals surface area contributed by atoms with Gasteiger partial charge in [-0.1, -0.05) is 12.5 Å². The highest BCUT2D eigenvalue weighted by Crippen LogP contribution is 2.33. The van der Waals surface area contributed by atoms with Gasteiger partial charge < -0.3 is 24.8 Å². The van der Waals surface area contributed by atoms with Crippen molar-refractivity contribution in [2.24, 2.45) is 5.92 Å². The zero-order valence-corrected chi connectivity index (χ0v) is 17.8. The summed E-state index contributed by atoms with van der Waals surface area (Å²) < 4.78 is 17.4. The van der Waals surface area contributed by atoms with Crippen molar-refractivity contribution in [3.05, 3.63) is 23.8 Å². The minimum absolute atomic E-state index is 0. The summed E-state index contributed by atoms with van der Waals surface area (Å²) in [5, 5.41) is 7.44. The molecule has 2 aliphatic carbocycles. The molecular weight excluding hydrogens is 376 g/mol. The topological polar surface area (TPSA) is 51.8 Å². The molecule has 6 heteroatoms. The van der Waals surface area contributed by atoms with Crippen LogP contribution in [0.15, 0.2) is 18.2 Å². The van der Waals surface area contributed by atoms with Crippen LogP contribution in [0.5, 0.6) is 11.5 Å². The van der Waals surface area contributed by atoms with Crippen LogP contribution in [0.25, 0.3) is 0 Å². The molecule has 1 aromatic carbocycles. The molecule has 0 spiro atoms. The summed E-state index contributed by atoms with van der Waals surface area (Å²) in [6, 6.07) is 7.44. The van der Waals surface area contributed by atoms with E-state index in [2.05, 4.69) is 28.8 Å². The third-order valence-electron chi connectivity index (χ3n) is 6.43. The number of rotatable bonds is 7. The summed E-state index contributed by atoms with van der Waals surface area (Å²) in [4.78, 5) is 0. The van der Waals surface area contributed by atoms with E-state index in [1.807, 2.05) is 0 Å². The van der Waals surface area contributed by atoms with Gasteiger partial charge >= 0.3 is 0 Å². The van der Waals surface area contributed by atoms with Crippen molar-refractivity contribution < 1.29 is 14.2 Å². The number of benzene rings is 1. The van der Waals surface area contributed by atoms with Crippen LogP contribution in [0.1, 0.15) is 50.5 Å². The van der Waals surface area contributed by atoms with Gasteiger partial charge in [0, 0.05) is 25.2 Å². The highest BCUT2D eigenvalue weighted by Gasteiger charge is 2.34. The standard InChI is InChI=1S/C22H34N2O3.ClH/c1-25-22-13-16(9-10-21(22)27-17-5-2-3-6-17)14-24-19-8-4-7-18(19)20-15-26-12-11-23-20;/h9-10,13,17-20,23-24H,2-8,11-12,14-15H2,1H3;1H. The van der Waals surface area contributed by atoms with Gasteiger partial charge in [-0.25, -0.2) is 0 Å². The molecule has 1 aliphatic heterocycles. The Hall–Kier alpha value is -1.01. The number of hydrogen-bond acceptors (Lipinski definition) is 5. The molecule has 158 valence electrons. The molecule has 28 heavy (non-hydrogen) atoms. The fourth-order valence-corrected chi connectivity index (χ4v) is 4.94. The van der Waals surface area contributed by atoms with Crippen LogP contribution in [-0.2, 0) is 11.3 Å². The Bertz CT molecular complexity index is 603. The molecule has 3 fully saturated rings. The number of halogens is 1. The summed E-state index contributed by atoms with van der Waals surface area (Å²) >= 11 is 0. The van der Waals surface area contributed by atoms with E-state index >= 15 is 0 Å². The van der Waals surface area contributed by atoms with E-state index in [1.54, 1.807) is 7.11 Å². The highest BCUT2D eigenvalue weighted by molar-refractivity contribution is 5.85. The third-order valence-corrected chi connectivity index (χ3v) is 6.43. The van der Waals surface area contributed by atoms with Crippen molar-refractivity contribution in [2.75, 3.05) is 26.9 Å². The van der Waals surface area contributed by atoms with E-state index in [0.717, 1.165) is 50.6 Å². The van der Waals surface area contributed by atoms with Gasteiger partial charge in [0.25, 0.3) is 0 Å². The van der Waals surface area contributed by atoms with E-state index < -0.39 is 0 Å². The first-order chi connectivity index (χ1) is 13.3. The van der Waals surface area contributed by atoms with Gasteiger partial charge in [-0.05, 0) is 62.1 Å². The van der Waals surface area contributed by atoms with E-state index in [9.17, 15) is 0 Å². The van der Waals surface area contributed by atoms with Crippen molar-refractivity contribution in [3.8, 4) is 11.5 Å². The SMILES string of the molecule is COc1cc(CNC2CCCC2C2COCCN2)ccc1OC1CCCC1.Cl. The average Bonchev–Trinajstić information content (AvgIpc) is 3.39. The minimum atomic E-state index is 0. The average molecular weight is 411 g/mol. The molecule has 3 aliphatic rings. The fraction of sp³-hybridized carbons (Fsp3) is 0.727. The molecular formula is C22H35ClN2O3. The minimum Gasteiger partial charge on any atom is -0.493 e. The Balaban J connectivity index is 0.00000225. The molecule has 0 radical (unpaired) electrons. The zero-order valence-electron chi connectivity index (χ0n) is 17.0. The maximum atomic E-state index is 6.16. The number of nitrogens with one attached hydrogen (secondary N) is 2. The van der Waals surface area contributed by atoms with Crippen molar-refractivity contribution in [1.82, 2.24) is 10.6 Å². The quantitative estimate of drug-likeness (QED) is 0.718. The summed E-state index contributed by atoms with van der Waals surface area (Å²) in [6.45, 7) is 3.54. The van der Waals surface area contributed by atoms with Gasteiger partial charge in [0.05, 0.1) is 26.4 Å². The first-order valence-electron chi connectivity index (χ1n) is 10.7. The van der Waals surface area contributed by atoms with Crippen molar-refractivity contribution in [3.63, 3.8) is 0 Å². The lowest BCUT2D eigenvalue weighted by atomic mass is 9.94. The normalized spacial score (nSPS) is 28.1. The van der Waals surface area contributed by atoms with E-state index in [-0.39, 0.29) is 12.4 Å². The summed E-state index contributed by atoms with van der Waals surface area (Å²) in [6.07, 6.45) is 9.07. The largest absolute Gasteiger partial charge is 0.493 e. The second-order valence-corrected chi connectivity index (χ2v) is 8.23. The molecule has 4 rings (SSSR count). The van der Waals surface area contributed by atoms with Gasteiger partial charge in [0.1, 0.15) is 0 Å². The van der Waals surface area contributed by atoms with E-state index in [4.69, 9.17) is 14.2 Å². The van der Waals surface area contributed by atoms with Crippen molar-refractivity contribution in [1.29, 1.82) is 0 Å². The monoisotopic (exact) mass is 410 g/mol. The van der Waals surface area contributed by atoms with Crippen molar-refractivity contribution >= 4 is 12.4 Å². The molecule has 5 nitrogen and oxygen atoms in total. The molecule has 1 aromatic rings. The smallest absolute Gasteiger partial charge is 0.161 e. The molecule has 2 N–H and O–H groups in total. The van der Waals surface area contributed by atoms with Crippen LogP contribution in [0.2, 0.25) is 0 Å². The third kappa shape index (κ3) is 5.32. The summed E-state index contributed by atoms with van der Waals surface area (Å²) in [5.74, 6) is 2.40. The molecule has 0 amide bonds. The van der Waals surface area contributed by atoms with Gasteiger partial charge in [0.15, 0.2) is 11.5 Å². The van der Waals surface area contributed by atoms with Gasteiger partial charge in [0.2, 0.25) is 0 Å². The number of ether oxygens (including phenoxy) is 3. The molecule has 3 unspecified atom stereocenters. The lowest BCUT2D eigenvalue weighted by molar-refractivity contribution is 0.0524. The molecule has 0 bridgehead atoms. The summed E-state index contributed by atoms with van der Waals surface area (Å²) in [7, 11) is 1.73. The lowest BCUT2D eigenvalue weighted by Gasteiger charge is -2.33. The van der Waals surface area contributed by atoms with Crippen molar-refractivity contribution in [2.45, 2.75) is 69.7 Å². The second kappa shape index (κ2) is 10.7. The highest BCUT2D eigenvalue weighted by atomic mass is 35.5. The van der Waals surface area contributed by atoms with Crippen LogP contribution in [0.3, 0.4) is 0 Å². The zero-order chi connectivity index (χ0) is 18.5. The van der Waals surface area contributed by atoms with Crippen LogP contribution < -0.4 is 20.1 Å². The van der Waals surface area contributed by atoms with Crippen LogP contribution in [0, 0.1) is 5.92 Å². The Morgan fingerprint density at radius 2 is 1.96 bits per heavy atom. The van der Waals surface area contributed by atoms with Gasteiger partial charge in [-0.3, -0.25) is 0 Å².